The second-order valence-electron chi connectivity index (χ2n) is 4.31. The monoisotopic (exact) mass is 234 g/mol. The van der Waals surface area contributed by atoms with Crippen molar-refractivity contribution in [2.24, 2.45) is 0 Å². The molecule has 0 fully saturated rings. The van der Waals surface area contributed by atoms with Crippen molar-refractivity contribution in [3.05, 3.63) is 59.8 Å². The summed E-state index contributed by atoms with van der Waals surface area (Å²) in [5, 5.41) is 0. The Bertz CT molecular complexity index is 378. The number of alkyl halides is 1. The Morgan fingerprint density at radius 3 is 2.12 bits per heavy atom. The van der Waals surface area contributed by atoms with Gasteiger partial charge in [-0.1, -0.05) is 43.0 Å². The third kappa shape index (κ3) is 4.56. The third-order valence-corrected chi connectivity index (χ3v) is 2.84. The lowest BCUT2D eigenvalue weighted by Gasteiger charge is -2.14. The zero-order valence-corrected chi connectivity index (χ0v) is 11.4. The molecule has 0 aliphatic rings. The summed E-state index contributed by atoms with van der Waals surface area (Å²) in [6, 6.07) is 0. The molecule has 0 saturated carbocycles. The molecule has 0 aromatic carbocycles. The van der Waals surface area contributed by atoms with Crippen molar-refractivity contribution in [3.8, 4) is 0 Å². The largest absolute Gasteiger partial charge is 0.243 e. The molecule has 0 saturated heterocycles. The highest BCUT2D eigenvalue weighted by Crippen LogP contribution is 2.25. The van der Waals surface area contributed by atoms with Crippen LogP contribution in [0.3, 0.4) is 0 Å². The average Bonchev–Trinajstić information content (AvgIpc) is 2.25. The first kappa shape index (κ1) is 15.6. The highest BCUT2D eigenvalue weighted by molar-refractivity contribution is 5.45. The average molecular weight is 234 g/mol. The normalized spacial score (nSPS) is 15.0. The minimum absolute atomic E-state index is 0.495. The summed E-state index contributed by atoms with van der Waals surface area (Å²) in [6.07, 6.45) is 3.43. The summed E-state index contributed by atoms with van der Waals surface area (Å²) in [7, 11) is 0. The van der Waals surface area contributed by atoms with Crippen LogP contribution in [0.1, 0.15) is 34.1 Å². The highest BCUT2D eigenvalue weighted by Gasteiger charge is 2.11. The van der Waals surface area contributed by atoms with Crippen LogP contribution in [0.15, 0.2) is 59.8 Å². The molecule has 1 unspecified atom stereocenters. The minimum atomic E-state index is -1.04. The molecule has 0 spiro atoms. The molecule has 0 nitrogen and oxygen atoms in total. The molecule has 1 heteroatoms. The van der Waals surface area contributed by atoms with Gasteiger partial charge in [0.15, 0.2) is 0 Å². The van der Waals surface area contributed by atoms with Gasteiger partial charge in [-0.05, 0) is 50.8 Å². The number of allylic oxidation sites excluding steroid dienone is 7. The zero-order chi connectivity index (χ0) is 13.6. The van der Waals surface area contributed by atoms with Gasteiger partial charge in [0.2, 0.25) is 0 Å². The second-order valence-corrected chi connectivity index (χ2v) is 4.31. The Labute approximate surface area is 105 Å². The Morgan fingerprint density at radius 1 is 1.29 bits per heavy atom. The lowest BCUT2D eigenvalue weighted by molar-refractivity contribution is 0.416. The maximum Gasteiger partial charge on any atom is 0.122 e. The van der Waals surface area contributed by atoms with E-state index in [0.717, 1.165) is 23.1 Å². The standard InChI is InChI=1S/C16H23F/c1-8-15(11(3)4)10-12(5)16(9-2)13(6)14(7)17/h8-9,14H,2-3,6,10H2,1,4-5,7H3/b15-8+,16-12-. The Kier molecular flexibility index (Phi) is 6.48. The summed E-state index contributed by atoms with van der Waals surface area (Å²) >= 11 is 0. The molecule has 0 aromatic rings. The molecule has 0 N–H and O–H groups in total. The van der Waals surface area contributed by atoms with Gasteiger partial charge in [-0.3, -0.25) is 0 Å². The van der Waals surface area contributed by atoms with Crippen molar-refractivity contribution in [3.63, 3.8) is 0 Å². The summed E-state index contributed by atoms with van der Waals surface area (Å²) in [5.74, 6) is 0. The van der Waals surface area contributed by atoms with Crippen LogP contribution < -0.4 is 0 Å². The number of rotatable bonds is 6. The molecule has 0 aliphatic carbocycles. The van der Waals surface area contributed by atoms with Crippen molar-refractivity contribution >= 4 is 0 Å². The van der Waals surface area contributed by atoms with Gasteiger partial charge in [-0.15, -0.1) is 0 Å². The van der Waals surface area contributed by atoms with Gasteiger partial charge < -0.3 is 0 Å². The van der Waals surface area contributed by atoms with Gasteiger partial charge >= 0.3 is 0 Å². The topological polar surface area (TPSA) is 0 Å². The van der Waals surface area contributed by atoms with Crippen molar-refractivity contribution in [1.82, 2.24) is 0 Å². The SMILES string of the molecule is C=C/C(C(=C)C(C)F)=C(\C)C/C(=C\C)C(=C)C. The number of hydrogen-bond acceptors (Lipinski definition) is 0. The predicted octanol–water partition coefficient (Wildman–Crippen LogP) is 5.32. The van der Waals surface area contributed by atoms with Crippen molar-refractivity contribution in [2.45, 2.75) is 40.3 Å². The molecule has 1 atom stereocenters. The smallest absolute Gasteiger partial charge is 0.122 e. The minimum Gasteiger partial charge on any atom is -0.243 e. The molecule has 17 heavy (non-hydrogen) atoms. The van der Waals surface area contributed by atoms with Gasteiger partial charge in [-0.25, -0.2) is 4.39 Å². The van der Waals surface area contributed by atoms with Gasteiger partial charge in [0.05, 0.1) is 0 Å². The van der Waals surface area contributed by atoms with Crippen LogP contribution in [-0.4, -0.2) is 6.17 Å². The molecule has 0 bridgehead atoms. The van der Waals surface area contributed by atoms with E-state index in [9.17, 15) is 4.39 Å². The molecular formula is C16H23F. The Morgan fingerprint density at radius 2 is 1.82 bits per heavy atom. The van der Waals surface area contributed by atoms with E-state index in [-0.39, 0.29) is 0 Å². The Hall–Kier alpha value is -1.37. The van der Waals surface area contributed by atoms with E-state index >= 15 is 0 Å². The van der Waals surface area contributed by atoms with Gasteiger partial charge in [0.25, 0.3) is 0 Å². The van der Waals surface area contributed by atoms with E-state index in [1.165, 1.54) is 12.5 Å². The quantitative estimate of drug-likeness (QED) is 0.546. The van der Waals surface area contributed by atoms with Crippen LogP contribution in [0, 0.1) is 0 Å². The van der Waals surface area contributed by atoms with Crippen LogP contribution in [0.5, 0.6) is 0 Å². The fourth-order valence-corrected chi connectivity index (χ4v) is 1.67. The van der Waals surface area contributed by atoms with Crippen molar-refractivity contribution < 1.29 is 4.39 Å². The van der Waals surface area contributed by atoms with E-state index < -0.39 is 6.17 Å². The van der Waals surface area contributed by atoms with E-state index in [1.807, 2.05) is 26.8 Å². The van der Waals surface area contributed by atoms with E-state index in [2.05, 4.69) is 19.7 Å². The molecule has 0 heterocycles. The van der Waals surface area contributed by atoms with Crippen LogP contribution in [-0.2, 0) is 0 Å². The van der Waals surface area contributed by atoms with Crippen LogP contribution in [0.25, 0.3) is 0 Å². The van der Waals surface area contributed by atoms with E-state index in [1.54, 1.807) is 6.08 Å². The number of halogens is 1. The van der Waals surface area contributed by atoms with Crippen molar-refractivity contribution in [2.75, 3.05) is 0 Å². The van der Waals surface area contributed by atoms with Crippen LogP contribution in [0.2, 0.25) is 0 Å². The predicted molar refractivity (Wildman–Crippen MR) is 75.8 cm³/mol. The Balaban J connectivity index is 5.20. The van der Waals surface area contributed by atoms with Gasteiger partial charge in [0, 0.05) is 0 Å². The molecule has 0 rings (SSSR count). The lowest BCUT2D eigenvalue weighted by Crippen LogP contribution is -2.02. The van der Waals surface area contributed by atoms with E-state index in [0.29, 0.717) is 5.57 Å². The van der Waals surface area contributed by atoms with E-state index in [4.69, 9.17) is 0 Å². The summed E-state index contributed by atoms with van der Waals surface area (Å²) in [4.78, 5) is 0. The fraction of sp³-hybridized carbons (Fsp3) is 0.375. The molecular weight excluding hydrogens is 211 g/mol. The zero-order valence-electron chi connectivity index (χ0n) is 11.4. The summed E-state index contributed by atoms with van der Waals surface area (Å²) in [5.41, 5.74) is 4.59. The fourth-order valence-electron chi connectivity index (χ4n) is 1.67. The maximum atomic E-state index is 13.3. The molecule has 0 radical (unpaired) electrons. The molecule has 0 aromatic heterocycles. The molecule has 0 aliphatic heterocycles. The summed E-state index contributed by atoms with van der Waals surface area (Å²) in [6.45, 7) is 18.9. The third-order valence-electron chi connectivity index (χ3n) is 2.84. The van der Waals surface area contributed by atoms with Gasteiger partial charge in [-0.2, -0.15) is 0 Å². The first-order chi connectivity index (χ1) is 7.84. The van der Waals surface area contributed by atoms with Gasteiger partial charge in [0.1, 0.15) is 6.17 Å². The second kappa shape index (κ2) is 7.05. The van der Waals surface area contributed by atoms with Crippen LogP contribution >= 0.6 is 0 Å². The lowest BCUT2D eigenvalue weighted by atomic mass is 9.93. The first-order valence-corrected chi connectivity index (χ1v) is 5.81. The molecule has 94 valence electrons. The first-order valence-electron chi connectivity index (χ1n) is 5.81. The van der Waals surface area contributed by atoms with Crippen molar-refractivity contribution in [1.29, 1.82) is 0 Å². The van der Waals surface area contributed by atoms with Crippen LogP contribution in [0.4, 0.5) is 4.39 Å². The summed E-state index contributed by atoms with van der Waals surface area (Å²) < 4.78 is 13.3. The number of hydrogen-bond donors (Lipinski definition) is 0. The maximum absolute atomic E-state index is 13.3. The molecule has 0 amide bonds. The highest BCUT2D eigenvalue weighted by atomic mass is 19.1.